The summed E-state index contributed by atoms with van der Waals surface area (Å²) in [6.45, 7) is 4.45. The summed E-state index contributed by atoms with van der Waals surface area (Å²) in [6.07, 6.45) is 0.831. The van der Waals surface area contributed by atoms with Gasteiger partial charge in [-0.05, 0) is 36.2 Å². The number of nitrogens with zero attached hydrogens (tertiary/aromatic N) is 4. The van der Waals surface area contributed by atoms with E-state index >= 15 is 0 Å². The van der Waals surface area contributed by atoms with Crippen LogP contribution in [0.15, 0.2) is 53.5 Å². The molecule has 7 nitrogen and oxygen atoms in total. The van der Waals surface area contributed by atoms with Gasteiger partial charge in [0.2, 0.25) is 0 Å². The first-order valence-corrected chi connectivity index (χ1v) is 10.7. The first-order valence-electron chi connectivity index (χ1n) is 10.7. The van der Waals surface area contributed by atoms with Crippen molar-refractivity contribution in [3.05, 3.63) is 59.7 Å². The van der Waals surface area contributed by atoms with Gasteiger partial charge in [-0.1, -0.05) is 18.2 Å². The number of hydrogen-bond acceptors (Lipinski definition) is 4. The zero-order valence-electron chi connectivity index (χ0n) is 19.0. The Morgan fingerprint density at radius 2 is 1.84 bits per heavy atom. The molecule has 2 aromatic carbocycles. The van der Waals surface area contributed by atoms with Gasteiger partial charge in [0.05, 0.1) is 7.11 Å². The van der Waals surface area contributed by atoms with Crippen molar-refractivity contribution in [1.82, 2.24) is 15.1 Å². The Bertz CT molecular complexity index is 904. The molecule has 7 heteroatoms. The molecule has 1 saturated heterocycles. The van der Waals surface area contributed by atoms with Crippen LogP contribution in [-0.2, 0) is 6.42 Å². The molecule has 0 radical (unpaired) electrons. The number of carbonyl (C=O) groups excluding carboxylic acids is 1. The first-order chi connectivity index (χ1) is 15.0. The molecule has 1 aliphatic rings. The van der Waals surface area contributed by atoms with E-state index in [0.29, 0.717) is 0 Å². The normalized spacial score (nSPS) is 14.4. The second-order valence-corrected chi connectivity index (χ2v) is 7.80. The third-order valence-corrected chi connectivity index (χ3v) is 5.49. The molecule has 1 amide bonds. The molecule has 1 heterocycles. The standard InChI is InChI=1S/C24H33N5O2/c1-25-24(26-12-11-19-7-5-8-20(17-19)23(30)27(2)3)29-15-13-28(14-16-29)21-9-6-10-22(18-21)31-4/h5-10,17-18H,11-16H2,1-4H3,(H,25,26). The van der Waals surface area contributed by atoms with E-state index in [-0.39, 0.29) is 5.91 Å². The Balaban J connectivity index is 1.50. The number of carbonyl (C=O) groups is 1. The number of anilines is 1. The first kappa shape index (κ1) is 22.5. The van der Waals surface area contributed by atoms with Crippen molar-refractivity contribution in [2.24, 2.45) is 4.99 Å². The fraction of sp³-hybridized carbons (Fsp3) is 0.417. The molecular formula is C24H33N5O2. The van der Waals surface area contributed by atoms with Crippen molar-refractivity contribution in [3.8, 4) is 5.75 Å². The molecule has 31 heavy (non-hydrogen) atoms. The molecule has 0 aromatic heterocycles. The molecule has 0 saturated carbocycles. The predicted molar refractivity (Wildman–Crippen MR) is 126 cm³/mol. The van der Waals surface area contributed by atoms with Crippen molar-refractivity contribution in [2.45, 2.75) is 6.42 Å². The molecule has 0 unspecified atom stereocenters. The van der Waals surface area contributed by atoms with E-state index in [0.717, 1.165) is 62.0 Å². The summed E-state index contributed by atoms with van der Waals surface area (Å²) in [5.74, 6) is 1.83. The number of guanidine groups is 1. The smallest absolute Gasteiger partial charge is 0.253 e. The summed E-state index contributed by atoms with van der Waals surface area (Å²) in [5, 5.41) is 3.47. The molecule has 0 atom stereocenters. The maximum absolute atomic E-state index is 12.2. The molecule has 2 aromatic rings. The van der Waals surface area contributed by atoms with Crippen LogP contribution in [0, 0.1) is 0 Å². The molecule has 1 aliphatic heterocycles. The monoisotopic (exact) mass is 423 g/mol. The lowest BCUT2D eigenvalue weighted by molar-refractivity contribution is 0.0827. The van der Waals surface area contributed by atoms with Gasteiger partial charge in [0.1, 0.15) is 5.75 Å². The highest BCUT2D eigenvalue weighted by Gasteiger charge is 2.20. The summed E-state index contributed by atoms with van der Waals surface area (Å²) in [4.78, 5) is 22.9. The third kappa shape index (κ3) is 5.90. The molecule has 0 bridgehead atoms. The fourth-order valence-corrected chi connectivity index (χ4v) is 3.75. The zero-order valence-corrected chi connectivity index (χ0v) is 19.0. The van der Waals surface area contributed by atoms with Crippen LogP contribution in [0.2, 0.25) is 0 Å². The van der Waals surface area contributed by atoms with E-state index < -0.39 is 0 Å². The van der Waals surface area contributed by atoms with Crippen LogP contribution in [0.4, 0.5) is 5.69 Å². The summed E-state index contributed by atoms with van der Waals surface area (Å²) in [5.41, 5.74) is 3.05. The van der Waals surface area contributed by atoms with Crippen LogP contribution >= 0.6 is 0 Å². The quantitative estimate of drug-likeness (QED) is 0.571. The number of rotatable bonds is 6. The minimum absolute atomic E-state index is 0.0273. The number of hydrogen-bond donors (Lipinski definition) is 1. The van der Waals surface area contributed by atoms with Crippen molar-refractivity contribution < 1.29 is 9.53 Å². The van der Waals surface area contributed by atoms with E-state index in [4.69, 9.17) is 4.74 Å². The Morgan fingerprint density at radius 1 is 1.10 bits per heavy atom. The minimum atomic E-state index is 0.0273. The van der Waals surface area contributed by atoms with E-state index in [2.05, 4.69) is 38.3 Å². The molecule has 1 N–H and O–H groups in total. The van der Waals surface area contributed by atoms with Crippen LogP contribution in [0.3, 0.4) is 0 Å². The van der Waals surface area contributed by atoms with Gasteiger partial charge in [-0.25, -0.2) is 0 Å². The summed E-state index contributed by atoms with van der Waals surface area (Å²) in [7, 11) is 7.07. The second kappa shape index (κ2) is 10.7. The van der Waals surface area contributed by atoms with Gasteiger partial charge in [-0.2, -0.15) is 0 Å². The van der Waals surface area contributed by atoms with Crippen molar-refractivity contribution in [2.75, 3.05) is 65.9 Å². The Hall–Kier alpha value is -3.22. The molecular weight excluding hydrogens is 390 g/mol. The number of benzene rings is 2. The van der Waals surface area contributed by atoms with E-state index in [1.165, 1.54) is 5.69 Å². The van der Waals surface area contributed by atoms with Crippen LogP contribution < -0.4 is 15.0 Å². The Labute approximate surface area is 185 Å². The van der Waals surface area contributed by atoms with Crippen LogP contribution in [-0.4, -0.2) is 82.6 Å². The number of aliphatic imine (C=N–C) groups is 1. The second-order valence-electron chi connectivity index (χ2n) is 7.80. The highest BCUT2D eigenvalue weighted by Crippen LogP contribution is 2.22. The van der Waals surface area contributed by atoms with Crippen LogP contribution in [0.5, 0.6) is 5.75 Å². The lowest BCUT2D eigenvalue weighted by Crippen LogP contribution is -2.52. The van der Waals surface area contributed by atoms with Gasteiger partial charge < -0.3 is 24.8 Å². The molecule has 0 spiro atoms. The fourth-order valence-electron chi connectivity index (χ4n) is 3.75. The lowest BCUT2D eigenvalue weighted by atomic mass is 10.1. The SMILES string of the molecule is CN=C(NCCc1cccc(C(=O)N(C)C)c1)N1CCN(c2cccc(OC)c2)CC1. The molecule has 3 rings (SSSR count). The van der Waals surface area contributed by atoms with E-state index in [1.807, 2.05) is 37.4 Å². The third-order valence-electron chi connectivity index (χ3n) is 5.49. The van der Waals surface area contributed by atoms with Crippen molar-refractivity contribution >= 4 is 17.6 Å². The van der Waals surface area contributed by atoms with Gasteiger partial charge in [0.25, 0.3) is 5.91 Å². The van der Waals surface area contributed by atoms with Crippen molar-refractivity contribution in [3.63, 3.8) is 0 Å². The highest BCUT2D eigenvalue weighted by molar-refractivity contribution is 5.94. The maximum Gasteiger partial charge on any atom is 0.253 e. The molecule has 1 fully saturated rings. The summed E-state index contributed by atoms with van der Waals surface area (Å²) in [6, 6.07) is 16.0. The maximum atomic E-state index is 12.2. The van der Waals surface area contributed by atoms with Gasteiger partial charge in [-0.15, -0.1) is 0 Å². The van der Waals surface area contributed by atoms with Gasteiger partial charge >= 0.3 is 0 Å². The topological polar surface area (TPSA) is 60.4 Å². The molecule has 166 valence electrons. The largest absolute Gasteiger partial charge is 0.497 e. The zero-order chi connectivity index (χ0) is 22.2. The Kier molecular flexibility index (Phi) is 7.76. The highest BCUT2D eigenvalue weighted by atomic mass is 16.5. The number of nitrogens with one attached hydrogen (secondary N) is 1. The summed E-state index contributed by atoms with van der Waals surface area (Å²) < 4.78 is 5.35. The number of methoxy groups -OCH3 is 1. The summed E-state index contributed by atoms with van der Waals surface area (Å²) >= 11 is 0. The minimum Gasteiger partial charge on any atom is -0.497 e. The Morgan fingerprint density at radius 3 is 2.52 bits per heavy atom. The molecule has 0 aliphatic carbocycles. The number of ether oxygens (including phenoxy) is 1. The number of piperazine rings is 1. The van der Waals surface area contributed by atoms with Gasteiger partial charge in [0, 0.05) is 71.2 Å². The van der Waals surface area contributed by atoms with E-state index in [1.54, 1.807) is 26.1 Å². The lowest BCUT2D eigenvalue weighted by Gasteiger charge is -2.37. The van der Waals surface area contributed by atoms with E-state index in [9.17, 15) is 4.79 Å². The predicted octanol–water partition coefficient (Wildman–Crippen LogP) is 2.34. The average molecular weight is 424 g/mol. The van der Waals surface area contributed by atoms with Gasteiger partial charge in [-0.3, -0.25) is 9.79 Å². The number of amides is 1. The van der Waals surface area contributed by atoms with Crippen LogP contribution in [0.1, 0.15) is 15.9 Å². The van der Waals surface area contributed by atoms with Crippen molar-refractivity contribution in [1.29, 1.82) is 0 Å². The van der Waals surface area contributed by atoms with Crippen LogP contribution in [0.25, 0.3) is 0 Å². The van der Waals surface area contributed by atoms with Gasteiger partial charge in [0.15, 0.2) is 5.96 Å². The average Bonchev–Trinajstić information content (AvgIpc) is 2.81.